The van der Waals surface area contributed by atoms with Gasteiger partial charge >= 0.3 is 0 Å². The van der Waals surface area contributed by atoms with Crippen molar-refractivity contribution >= 4 is 41.7 Å². The van der Waals surface area contributed by atoms with Crippen molar-refractivity contribution in [2.75, 3.05) is 44.7 Å². The van der Waals surface area contributed by atoms with Crippen LogP contribution in [-0.4, -0.2) is 71.4 Å². The van der Waals surface area contributed by atoms with Gasteiger partial charge < -0.3 is 10.6 Å². The van der Waals surface area contributed by atoms with E-state index >= 15 is 0 Å². The van der Waals surface area contributed by atoms with Gasteiger partial charge in [-0.15, -0.1) is 24.0 Å². The molecule has 0 aromatic carbocycles. The van der Waals surface area contributed by atoms with Gasteiger partial charge in [-0.05, 0) is 32.3 Å². The smallest absolute Gasteiger partial charge is 0.191 e. The molecule has 0 saturated carbocycles. The molecule has 0 bridgehead atoms. The van der Waals surface area contributed by atoms with Crippen molar-refractivity contribution in [3.63, 3.8) is 0 Å². The van der Waals surface area contributed by atoms with Gasteiger partial charge in [-0.25, -0.2) is 0 Å². The minimum atomic E-state index is 0. The molecule has 1 atom stereocenters. The van der Waals surface area contributed by atoms with E-state index in [4.69, 9.17) is 5.10 Å². The Labute approximate surface area is 179 Å². The molecule has 1 saturated heterocycles. The van der Waals surface area contributed by atoms with Crippen molar-refractivity contribution in [2.24, 2.45) is 4.99 Å². The van der Waals surface area contributed by atoms with Crippen LogP contribution in [0.15, 0.2) is 11.2 Å². The highest BCUT2D eigenvalue weighted by Crippen LogP contribution is 2.21. The predicted molar refractivity (Wildman–Crippen MR) is 122 cm³/mol. The highest BCUT2D eigenvalue weighted by molar-refractivity contribution is 14.0. The Morgan fingerprint density at radius 1 is 1.38 bits per heavy atom. The number of guanidine groups is 1. The molecular formula is C18H33IN6S. The Bertz CT molecular complexity index is 582. The number of hydrogen-bond acceptors (Lipinski definition) is 4. The molecular weight excluding hydrogens is 459 g/mol. The van der Waals surface area contributed by atoms with Crippen molar-refractivity contribution < 1.29 is 0 Å². The van der Waals surface area contributed by atoms with Crippen molar-refractivity contribution in [3.05, 3.63) is 17.5 Å². The van der Waals surface area contributed by atoms with Crippen molar-refractivity contribution in [1.29, 1.82) is 0 Å². The van der Waals surface area contributed by atoms with Crippen LogP contribution in [0.25, 0.3) is 0 Å². The number of hydrogen-bond donors (Lipinski definition) is 2. The van der Waals surface area contributed by atoms with E-state index in [1.165, 1.54) is 35.9 Å². The normalized spacial score (nSPS) is 21.2. The fourth-order valence-electron chi connectivity index (χ4n) is 3.45. The summed E-state index contributed by atoms with van der Waals surface area (Å²) in [6, 6.07) is 0.847. The third-order valence-corrected chi connectivity index (χ3v) is 5.96. The van der Waals surface area contributed by atoms with Gasteiger partial charge in [0.1, 0.15) is 0 Å². The number of nitrogens with zero attached hydrogens (tertiary/aromatic N) is 4. The van der Waals surface area contributed by atoms with E-state index in [1.54, 1.807) is 0 Å². The van der Waals surface area contributed by atoms with Gasteiger partial charge in [0, 0.05) is 69.4 Å². The molecule has 1 unspecified atom stereocenters. The van der Waals surface area contributed by atoms with Crippen LogP contribution >= 0.6 is 35.7 Å². The molecule has 8 heteroatoms. The number of thioether (sulfide) groups is 1. The van der Waals surface area contributed by atoms with Crippen molar-refractivity contribution in [1.82, 2.24) is 25.3 Å². The largest absolute Gasteiger partial charge is 0.355 e. The Hall–Kier alpha value is -0.480. The van der Waals surface area contributed by atoms with Gasteiger partial charge in [0.2, 0.25) is 0 Å². The molecule has 1 aliphatic heterocycles. The van der Waals surface area contributed by atoms with Crippen LogP contribution in [0.2, 0.25) is 0 Å². The first-order valence-electron chi connectivity index (χ1n) is 9.50. The number of nitrogens with one attached hydrogen (secondary N) is 2. The maximum Gasteiger partial charge on any atom is 0.191 e. The lowest BCUT2D eigenvalue weighted by Gasteiger charge is -2.27. The molecule has 2 N–H and O–H groups in total. The van der Waals surface area contributed by atoms with E-state index in [9.17, 15) is 0 Å². The lowest BCUT2D eigenvalue weighted by molar-refractivity contribution is 0.306. The van der Waals surface area contributed by atoms with Gasteiger partial charge in [0.15, 0.2) is 5.96 Å². The molecule has 26 heavy (non-hydrogen) atoms. The monoisotopic (exact) mass is 492 g/mol. The third kappa shape index (κ3) is 6.02. The van der Waals surface area contributed by atoms with Gasteiger partial charge in [-0.2, -0.15) is 16.9 Å². The molecule has 1 fully saturated rings. The molecule has 148 valence electrons. The Morgan fingerprint density at radius 2 is 2.15 bits per heavy atom. The summed E-state index contributed by atoms with van der Waals surface area (Å²) >= 11 is 2.06. The molecule has 0 radical (unpaired) electrons. The van der Waals surface area contributed by atoms with E-state index in [0.29, 0.717) is 12.1 Å². The highest BCUT2D eigenvalue weighted by atomic mass is 127. The first-order chi connectivity index (χ1) is 12.2. The number of aliphatic imine (C=N–C) groups is 1. The summed E-state index contributed by atoms with van der Waals surface area (Å²) in [7, 11) is 1.86. The van der Waals surface area contributed by atoms with Gasteiger partial charge in [-0.1, -0.05) is 0 Å². The zero-order valence-corrected chi connectivity index (χ0v) is 19.3. The van der Waals surface area contributed by atoms with Crippen LogP contribution in [0.5, 0.6) is 0 Å². The van der Waals surface area contributed by atoms with E-state index in [2.05, 4.69) is 57.0 Å². The number of halogens is 1. The van der Waals surface area contributed by atoms with E-state index in [-0.39, 0.29) is 24.0 Å². The number of aromatic nitrogens is 2. The quantitative estimate of drug-likeness (QED) is 0.375. The molecule has 1 aliphatic carbocycles. The predicted octanol–water partition coefficient (Wildman–Crippen LogP) is 2.15. The van der Waals surface area contributed by atoms with Crippen LogP contribution in [0.1, 0.15) is 37.6 Å². The van der Waals surface area contributed by atoms with Gasteiger partial charge in [-0.3, -0.25) is 14.6 Å². The first-order valence-corrected chi connectivity index (χ1v) is 10.7. The minimum Gasteiger partial charge on any atom is -0.355 e. The third-order valence-electron chi connectivity index (χ3n) is 5.01. The topological polar surface area (TPSA) is 57.5 Å². The van der Waals surface area contributed by atoms with Crippen LogP contribution in [-0.2, 0) is 12.8 Å². The lowest BCUT2D eigenvalue weighted by Crippen LogP contribution is -2.48. The van der Waals surface area contributed by atoms with E-state index in [1.807, 2.05) is 7.05 Å². The van der Waals surface area contributed by atoms with Crippen molar-refractivity contribution in [2.45, 2.75) is 45.2 Å². The second-order valence-corrected chi connectivity index (χ2v) is 8.44. The molecule has 0 amide bonds. The fraction of sp³-hybridized carbons (Fsp3) is 0.778. The standard InChI is InChI=1S/C18H32N6S.HI/c1-14(2)24-13-15-4-5-16(12-17(15)22-24)21-18(19-3)20-6-7-23-8-10-25-11-9-23;/h13-14,16H,4-12H2,1-3H3,(H2,19,20,21);1H. The summed E-state index contributed by atoms with van der Waals surface area (Å²) in [6.45, 7) is 8.83. The summed E-state index contributed by atoms with van der Waals surface area (Å²) in [6.07, 6.45) is 5.45. The summed E-state index contributed by atoms with van der Waals surface area (Å²) in [5.74, 6) is 3.45. The summed E-state index contributed by atoms with van der Waals surface area (Å²) in [5.41, 5.74) is 2.66. The number of fused-ring (bicyclic) bond motifs is 1. The lowest BCUT2D eigenvalue weighted by atomic mass is 9.94. The van der Waals surface area contributed by atoms with Gasteiger partial charge in [0.25, 0.3) is 0 Å². The molecule has 2 aliphatic rings. The zero-order valence-electron chi connectivity index (χ0n) is 16.2. The average Bonchev–Trinajstić information content (AvgIpc) is 3.05. The van der Waals surface area contributed by atoms with Crippen LogP contribution < -0.4 is 10.6 Å². The minimum absolute atomic E-state index is 0. The second kappa shape index (κ2) is 10.8. The average molecular weight is 492 g/mol. The number of rotatable bonds is 5. The molecule has 0 spiro atoms. The van der Waals surface area contributed by atoms with Crippen LogP contribution in [0, 0.1) is 0 Å². The van der Waals surface area contributed by atoms with E-state index < -0.39 is 0 Å². The molecule has 1 aromatic heterocycles. The fourth-order valence-corrected chi connectivity index (χ4v) is 4.42. The Morgan fingerprint density at radius 3 is 2.85 bits per heavy atom. The zero-order chi connectivity index (χ0) is 17.6. The molecule has 1 aromatic rings. The van der Waals surface area contributed by atoms with Crippen LogP contribution in [0.4, 0.5) is 0 Å². The SMILES string of the molecule is CN=C(NCCN1CCSCC1)NC1CCc2cn(C(C)C)nc2C1.I. The number of aryl methyl sites for hydroxylation is 1. The summed E-state index contributed by atoms with van der Waals surface area (Å²) in [5, 5.41) is 11.8. The van der Waals surface area contributed by atoms with Crippen LogP contribution in [0.3, 0.4) is 0 Å². The maximum atomic E-state index is 4.76. The second-order valence-electron chi connectivity index (χ2n) is 7.21. The molecule has 6 nitrogen and oxygen atoms in total. The Kier molecular flexibility index (Phi) is 9.02. The molecule has 2 heterocycles. The summed E-state index contributed by atoms with van der Waals surface area (Å²) in [4.78, 5) is 6.93. The maximum absolute atomic E-state index is 4.76. The summed E-state index contributed by atoms with van der Waals surface area (Å²) < 4.78 is 2.09. The first kappa shape index (κ1) is 21.8. The van der Waals surface area contributed by atoms with Gasteiger partial charge in [0.05, 0.1) is 5.69 Å². The van der Waals surface area contributed by atoms with E-state index in [0.717, 1.165) is 38.3 Å². The highest BCUT2D eigenvalue weighted by Gasteiger charge is 2.23. The molecule has 3 rings (SSSR count). The Balaban J connectivity index is 0.00000243. The van der Waals surface area contributed by atoms with Crippen molar-refractivity contribution in [3.8, 4) is 0 Å².